The highest BCUT2D eigenvalue weighted by Gasteiger charge is 2.28. The zero-order valence-corrected chi connectivity index (χ0v) is 13.5. The van der Waals surface area contributed by atoms with Crippen molar-refractivity contribution < 1.29 is 4.74 Å². The number of methoxy groups -OCH3 is 1. The molecule has 6 heteroatoms. The van der Waals surface area contributed by atoms with Crippen LogP contribution in [0, 0.1) is 0 Å². The fraction of sp³-hybridized carbons (Fsp3) is 0.533. The van der Waals surface area contributed by atoms with Gasteiger partial charge in [0.1, 0.15) is 5.75 Å². The Hall–Kier alpha value is -1.95. The summed E-state index contributed by atoms with van der Waals surface area (Å²) in [5.74, 6) is 1.67. The lowest BCUT2D eigenvalue weighted by atomic mass is 10.0. The SMILES string of the molecule is COc1ccc([C@H](c2nnnn2C(C)(C)C)N(C)C)cc1. The van der Waals surface area contributed by atoms with Crippen molar-refractivity contribution in [3.05, 3.63) is 35.7 Å². The van der Waals surface area contributed by atoms with Gasteiger partial charge in [0.25, 0.3) is 0 Å². The van der Waals surface area contributed by atoms with Gasteiger partial charge in [-0.2, -0.15) is 0 Å². The van der Waals surface area contributed by atoms with Crippen LogP contribution < -0.4 is 4.74 Å². The molecule has 6 nitrogen and oxygen atoms in total. The third kappa shape index (κ3) is 3.21. The molecule has 0 aliphatic rings. The summed E-state index contributed by atoms with van der Waals surface area (Å²) in [6, 6.07) is 8.00. The summed E-state index contributed by atoms with van der Waals surface area (Å²) in [4.78, 5) is 2.11. The van der Waals surface area contributed by atoms with Crippen molar-refractivity contribution in [3.8, 4) is 5.75 Å². The monoisotopic (exact) mass is 289 g/mol. The molecule has 1 aromatic heterocycles. The molecule has 2 rings (SSSR count). The number of hydrogen-bond acceptors (Lipinski definition) is 5. The van der Waals surface area contributed by atoms with Crippen molar-refractivity contribution in [1.29, 1.82) is 0 Å². The zero-order chi connectivity index (χ0) is 15.6. The maximum Gasteiger partial charge on any atom is 0.173 e. The van der Waals surface area contributed by atoms with Crippen molar-refractivity contribution in [2.75, 3.05) is 21.2 Å². The third-order valence-electron chi connectivity index (χ3n) is 3.32. The van der Waals surface area contributed by atoms with Crippen molar-refractivity contribution in [2.24, 2.45) is 0 Å². The Labute approximate surface area is 125 Å². The van der Waals surface area contributed by atoms with Crippen molar-refractivity contribution in [2.45, 2.75) is 32.4 Å². The maximum absolute atomic E-state index is 5.22. The minimum atomic E-state index is -0.167. The minimum Gasteiger partial charge on any atom is -0.497 e. The van der Waals surface area contributed by atoms with Crippen LogP contribution in [0.5, 0.6) is 5.75 Å². The first-order valence-corrected chi connectivity index (χ1v) is 6.93. The predicted octanol–water partition coefficient (Wildman–Crippen LogP) is 2.09. The van der Waals surface area contributed by atoms with Crippen LogP contribution in [0.1, 0.15) is 38.2 Å². The Balaban J connectivity index is 2.47. The second-order valence-corrected chi connectivity index (χ2v) is 6.26. The first kappa shape index (κ1) is 15.4. The molecule has 1 heterocycles. The highest BCUT2D eigenvalue weighted by Crippen LogP contribution is 2.28. The van der Waals surface area contributed by atoms with Gasteiger partial charge in [-0.25, -0.2) is 4.68 Å². The number of hydrogen-bond donors (Lipinski definition) is 0. The maximum atomic E-state index is 5.22. The van der Waals surface area contributed by atoms with Crippen LogP contribution in [0.25, 0.3) is 0 Å². The quantitative estimate of drug-likeness (QED) is 0.862. The fourth-order valence-corrected chi connectivity index (χ4v) is 2.31. The van der Waals surface area contributed by atoms with Crippen LogP contribution in [-0.2, 0) is 5.54 Å². The van der Waals surface area contributed by atoms with E-state index in [1.807, 2.05) is 43.0 Å². The van der Waals surface area contributed by atoms with Gasteiger partial charge in [-0.15, -0.1) is 5.10 Å². The molecule has 0 N–H and O–H groups in total. The molecule has 114 valence electrons. The third-order valence-corrected chi connectivity index (χ3v) is 3.32. The number of aromatic nitrogens is 4. The van der Waals surface area contributed by atoms with Crippen LogP contribution in [0.2, 0.25) is 0 Å². The average Bonchev–Trinajstić information content (AvgIpc) is 2.88. The van der Waals surface area contributed by atoms with Gasteiger partial charge in [-0.05, 0) is 63.0 Å². The summed E-state index contributed by atoms with van der Waals surface area (Å²) >= 11 is 0. The number of nitrogens with zero attached hydrogens (tertiary/aromatic N) is 5. The lowest BCUT2D eigenvalue weighted by Gasteiger charge is -2.28. The zero-order valence-electron chi connectivity index (χ0n) is 13.5. The van der Waals surface area contributed by atoms with Crippen LogP contribution in [-0.4, -0.2) is 46.3 Å². The lowest BCUT2D eigenvalue weighted by Crippen LogP contribution is -2.31. The van der Waals surface area contributed by atoms with E-state index in [4.69, 9.17) is 4.74 Å². The molecule has 0 fully saturated rings. The Morgan fingerprint density at radius 2 is 1.76 bits per heavy atom. The van der Waals surface area contributed by atoms with E-state index in [0.717, 1.165) is 17.1 Å². The number of tetrazole rings is 1. The standard InChI is InChI=1S/C15H23N5O/c1-15(2,3)20-14(16-17-18-20)13(19(4)5)11-7-9-12(21-6)10-8-11/h7-10,13H,1-6H3/t13-/m1/s1. The van der Waals surface area contributed by atoms with Gasteiger partial charge >= 0.3 is 0 Å². The van der Waals surface area contributed by atoms with Crippen molar-refractivity contribution in [1.82, 2.24) is 25.1 Å². The summed E-state index contributed by atoms with van der Waals surface area (Å²) in [5, 5.41) is 12.3. The molecule has 0 unspecified atom stereocenters. The van der Waals surface area contributed by atoms with E-state index in [0.29, 0.717) is 0 Å². The minimum absolute atomic E-state index is 0.00914. The van der Waals surface area contributed by atoms with Gasteiger partial charge < -0.3 is 4.74 Å². The van der Waals surface area contributed by atoms with E-state index in [1.165, 1.54) is 0 Å². The molecule has 0 saturated carbocycles. The Kier molecular flexibility index (Phi) is 4.27. The summed E-state index contributed by atoms with van der Waals surface area (Å²) < 4.78 is 7.10. The number of benzene rings is 1. The van der Waals surface area contributed by atoms with E-state index in [1.54, 1.807) is 7.11 Å². The molecule has 21 heavy (non-hydrogen) atoms. The summed E-state index contributed by atoms with van der Waals surface area (Å²) in [6.45, 7) is 6.27. The highest BCUT2D eigenvalue weighted by atomic mass is 16.5. The number of ether oxygens (including phenoxy) is 1. The molecule has 0 saturated heterocycles. The van der Waals surface area contributed by atoms with Gasteiger partial charge in [0.2, 0.25) is 0 Å². The van der Waals surface area contributed by atoms with Gasteiger partial charge in [0.05, 0.1) is 18.7 Å². The molecule has 2 aromatic rings. The Morgan fingerprint density at radius 1 is 1.14 bits per heavy atom. The largest absolute Gasteiger partial charge is 0.497 e. The molecule has 0 radical (unpaired) electrons. The van der Waals surface area contributed by atoms with E-state index in [9.17, 15) is 0 Å². The van der Waals surface area contributed by atoms with Gasteiger partial charge in [0.15, 0.2) is 5.82 Å². The molecule has 1 atom stereocenters. The fourth-order valence-electron chi connectivity index (χ4n) is 2.31. The molecule has 0 bridgehead atoms. The van der Waals surface area contributed by atoms with Gasteiger partial charge in [-0.1, -0.05) is 12.1 Å². The highest BCUT2D eigenvalue weighted by molar-refractivity contribution is 5.31. The Morgan fingerprint density at radius 3 is 2.24 bits per heavy atom. The first-order chi connectivity index (χ1) is 9.84. The molecular formula is C15H23N5O. The number of rotatable bonds is 4. The Bertz CT molecular complexity index is 583. The van der Waals surface area contributed by atoms with Gasteiger partial charge in [-0.3, -0.25) is 4.90 Å². The lowest BCUT2D eigenvalue weighted by molar-refractivity contribution is 0.276. The van der Waals surface area contributed by atoms with Crippen LogP contribution in [0.15, 0.2) is 24.3 Å². The smallest absolute Gasteiger partial charge is 0.173 e. The second kappa shape index (κ2) is 5.81. The van der Waals surface area contributed by atoms with Crippen molar-refractivity contribution >= 4 is 0 Å². The molecule has 0 spiro atoms. The molecule has 0 aliphatic heterocycles. The van der Waals surface area contributed by atoms with Crippen LogP contribution in [0.4, 0.5) is 0 Å². The van der Waals surface area contributed by atoms with E-state index in [2.05, 4.69) is 41.2 Å². The van der Waals surface area contributed by atoms with Gasteiger partial charge in [0, 0.05) is 0 Å². The van der Waals surface area contributed by atoms with E-state index in [-0.39, 0.29) is 11.6 Å². The average molecular weight is 289 g/mol. The summed E-state index contributed by atoms with van der Waals surface area (Å²) in [6.07, 6.45) is 0. The summed E-state index contributed by atoms with van der Waals surface area (Å²) in [7, 11) is 5.71. The van der Waals surface area contributed by atoms with E-state index < -0.39 is 0 Å². The molecule has 1 aromatic carbocycles. The molecule has 0 aliphatic carbocycles. The topological polar surface area (TPSA) is 56.1 Å². The molecular weight excluding hydrogens is 266 g/mol. The predicted molar refractivity (Wildman–Crippen MR) is 81.3 cm³/mol. The van der Waals surface area contributed by atoms with Crippen molar-refractivity contribution in [3.63, 3.8) is 0 Å². The molecule has 0 amide bonds. The van der Waals surface area contributed by atoms with Crippen LogP contribution >= 0.6 is 0 Å². The normalized spacial score (nSPS) is 13.5. The second-order valence-electron chi connectivity index (χ2n) is 6.26. The first-order valence-electron chi connectivity index (χ1n) is 6.93. The van der Waals surface area contributed by atoms with Crippen LogP contribution in [0.3, 0.4) is 0 Å². The summed E-state index contributed by atoms with van der Waals surface area (Å²) in [5.41, 5.74) is 0.959. The van der Waals surface area contributed by atoms with E-state index >= 15 is 0 Å².